The molecule has 4 aliphatic heterocycles. The third-order valence-corrected chi connectivity index (χ3v) is 13.3. The largest absolute Gasteiger partial charge is 0.477 e. The third kappa shape index (κ3) is 7.64. The number of rotatable bonds is 11. The highest BCUT2D eigenvalue weighted by molar-refractivity contribution is 8.00. The SMILES string of the molecule is CC(=O)OCC1=C(C(=O)Oc2ccccc2C(=O)OC2CCN(c3c(F)cc4c(=O)c(C(=O)O)cn5c4c3CCC5C)CC2)N2C(=O)[C@@H](NC(=O)Cc3cccs3)[C@H]2SC1. The molecule has 4 aliphatic rings. The van der Waals surface area contributed by atoms with Crippen molar-refractivity contribution >= 4 is 75.4 Å². The summed E-state index contributed by atoms with van der Waals surface area (Å²) < 4.78 is 34.5. The predicted molar refractivity (Wildman–Crippen MR) is 218 cm³/mol. The Kier molecular flexibility index (Phi) is 11.3. The van der Waals surface area contributed by atoms with Gasteiger partial charge in [-0.1, -0.05) is 18.2 Å². The molecule has 1 unspecified atom stereocenters. The van der Waals surface area contributed by atoms with Gasteiger partial charge in [-0.15, -0.1) is 23.1 Å². The molecule has 0 saturated carbocycles. The van der Waals surface area contributed by atoms with Gasteiger partial charge in [0.1, 0.15) is 52.5 Å². The van der Waals surface area contributed by atoms with Gasteiger partial charge in [0.2, 0.25) is 11.3 Å². The van der Waals surface area contributed by atoms with E-state index in [4.69, 9.17) is 14.2 Å². The molecular formula is C42H39FN4O11S2. The molecule has 2 fully saturated rings. The number of piperidine rings is 1. The number of carboxylic acids is 1. The van der Waals surface area contributed by atoms with Crippen molar-refractivity contribution in [3.63, 3.8) is 0 Å². The quantitative estimate of drug-likeness (QED) is 0.121. The molecule has 18 heteroatoms. The Morgan fingerprint density at radius 2 is 1.77 bits per heavy atom. The van der Waals surface area contributed by atoms with E-state index in [1.807, 2.05) is 29.3 Å². The summed E-state index contributed by atoms with van der Waals surface area (Å²) in [5, 5.41) is 13.6. The topological polar surface area (TPSA) is 191 Å². The number of para-hydroxylation sites is 1. The highest BCUT2D eigenvalue weighted by Gasteiger charge is 2.54. The van der Waals surface area contributed by atoms with Gasteiger partial charge >= 0.3 is 23.9 Å². The van der Waals surface area contributed by atoms with Crippen molar-refractivity contribution in [2.45, 2.75) is 69.5 Å². The minimum absolute atomic E-state index is 0.0228. The maximum absolute atomic E-state index is 15.9. The van der Waals surface area contributed by atoms with E-state index in [9.17, 15) is 38.7 Å². The number of thiophene rings is 1. The number of nitrogens with zero attached hydrogens (tertiary/aromatic N) is 3. The zero-order valence-electron chi connectivity index (χ0n) is 32.4. The molecule has 2 aromatic heterocycles. The summed E-state index contributed by atoms with van der Waals surface area (Å²) in [5.41, 5.74) is 0.468. The van der Waals surface area contributed by atoms with E-state index in [0.29, 0.717) is 61.1 Å². The molecule has 15 nitrogen and oxygen atoms in total. The van der Waals surface area contributed by atoms with Crippen LogP contribution in [-0.2, 0) is 41.5 Å². The van der Waals surface area contributed by atoms with Crippen molar-refractivity contribution in [2.75, 3.05) is 30.3 Å². The van der Waals surface area contributed by atoms with E-state index in [1.165, 1.54) is 53.3 Å². The van der Waals surface area contributed by atoms with Crippen molar-refractivity contribution < 1.29 is 52.5 Å². The number of amides is 2. The number of aromatic carboxylic acids is 1. The van der Waals surface area contributed by atoms with Gasteiger partial charge in [0.15, 0.2) is 0 Å². The summed E-state index contributed by atoms with van der Waals surface area (Å²) in [7, 11) is 0. The fraction of sp³-hybridized carbons (Fsp3) is 0.357. The molecule has 8 rings (SSSR count). The lowest BCUT2D eigenvalue weighted by atomic mass is 9.93. The molecule has 0 aliphatic carbocycles. The van der Waals surface area contributed by atoms with E-state index in [0.717, 1.165) is 10.9 Å². The number of hydrogen-bond acceptors (Lipinski definition) is 13. The highest BCUT2D eigenvalue weighted by Crippen LogP contribution is 2.42. The van der Waals surface area contributed by atoms with Crippen LogP contribution in [-0.4, -0.2) is 93.2 Å². The minimum Gasteiger partial charge on any atom is -0.477 e. The van der Waals surface area contributed by atoms with Crippen LogP contribution in [0.25, 0.3) is 10.9 Å². The van der Waals surface area contributed by atoms with Crippen LogP contribution in [0.15, 0.2) is 70.1 Å². The fourth-order valence-electron chi connectivity index (χ4n) is 8.18. The molecule has 0 bridgehead atoms. The normalized spacial score (nSPS) is 20.0. The number of hydrogen-bond donors (Lipinski definition) is 2. The smallest absolute Gasteiger partial charge is 0.360 e. The van der Waals surface area contributed by atoms with Crippen molar-refractivity contribution in [3.05, 3.63) is 103 Å². The number of anilines is 1. The van der Waals surface area contributed by atoms with Crippen LogP contribution in [0.1, 0.15) is 70.3 Å². The van der Waals surface area contributed by atoms with E-state index in [2.05, 4.69) is 5.32 Å². The van der Waals surface area contributed by atoms with Crippen molar-refractivity contribution in [2.24, 2.45) is 0 Å². The van der Waals surface area contributed by atoms with E-state index >= 15 is 4.39 Å². The number of fused-ring (bicyclic) bond motifs is 1. The molecule has 6 heterocycles. The number of carboxylic acid groups (broad SMARTS) is 1. The zero-order chi connectivity index (χ0) is 42.4. The number of thioether (sulfide) groups is 1. The van der Waals surface area contributed by atoms with E-state index in [-0.39, 0.29) is 53.1 Å². The number of halogens is 1. The molecule has 312 valence electrons. The standard InChI is InChI=1S/C42H39FN4O11S2/c1-21-9-10-27-35-28(37(50)29(40(52)53)18-46(21)35)17-30(43)36(27)45-13-11-24(12-14-45)57-41(54)26-7-3-4-8-31(26)58-42(55)34-23(19-56-22(2)48)20-60-39-33(38(51)47(34)39)44-32(49)16-25-6-5-15-59-25/h3-8,15,17-18,21,24,33,39H,9-14,16,19-20H2,1-2H3,(H,44,49)(H,52,53)/t21?,33-,39-/m1/s1. The first-order valence-corrected chi connectivity index (χ1v) is 21.3. The van der Waals surface area contributed by atoms with Gasteiger partial charge in [0.25, 0.3) is 5.91 Å². The van der Waals surface area contributed by atoms with Gasteiger partial charge in [0.05, 0.1) is 17.6 Å². The zero-order valence-corrected chi connectivity index (χ0v) is 34.1. The van der Waals surface area contributed by atoms with Gasteiger partial charge in [-0.25, -0.2) is 18.8 Å². The molecule has 0 spiro atoms. The number of aromatic nitrogens is 1. The molecular weight excluding hydrogens is 820 g/mol. The van der Waals surface area contributed by atoms with Crippen LogP contribution in [0.4, 0.5) is 10.1 Å². The first-order chi connectivity index (χ1) is 28.8. The molecule has 0 radical (unpaired) electrons. The van der Waals surface area contributed by atoms with Gasteiger partial charge in [-0.3, -0.25) is 24.1 Å². The van der Waals surface area contributed by atoms with Crippen LogP contribution in [0.2, 0.25) is 0 Å². The number of nitrogens with one attached hydrogen (secondary N) is 1. The molecule has 4 aromatic rings. The number of ether oxygens (including phenoxy) is 3. The lowest BCUT2D eigenvalue weighted by molar-refractivity contribution is -0.150. The number of carbonyl (C=O) groups excluding carboxylic acids is 5. The van der Waals surface area contributed by atoms with Crippen molar-refractivity contribution in [1.29, 1.82) is 0 Å². The lowest BCUT2D eigenvalue weighted by Gasteiger charge is -2.49. The first kappa shape index (κ1) is 40.8. The minimum atomic E-state index is -1.37. The number of carbonyl (C=O) groups is 6. The molecule has 2 aromatic carbocycles. The average molecular weight is 859 g/mol. The maximum atomic E-state index is 15.9. The number of esters is 3. The second-order valence-corrected chi connectivity index (χ2v) is 17.1. The van der Waals surface area contributed by atoms with E-state index in [1.54, 1.807) is 16.7 Å². The monoisotopic (exact) mass is 858 g/mol. The van der Waals surface area contributed by atoms with Crippen LogP contribution < -0.4 is 20.4 Å². The Hall–Kier alpha value is -6.01. The van der Waals surface area contributed by atoms with Crippen LogP contribution >= 0.6 is 23.1 Å². The van der Waals surface area contributed by atoms with Crippen LogP contribution in [0.5, 0.6) is 5.75 Å². The highest BCUT2D eigenvalue weighted by atomic mass is 32.2. The Morgan fingerprint density at radius 3 is 2.48 bits per heavy atom. The Labute approximate surface area is 350 Å². The van der Waals surface area contributed by atoms with Gasteiger partial charge in [-0.2, -0.15) is 0 Å². The van der Waals surface area contributed by atoms with Crippen molar-refractivity contribution in [3.8, 4) is 5.75 Å². The Balaban J connectivity index is 0.959. The number of β-lactam (4-membered cyclic amide) rings is 1. The third-order valence-electron chi connectivity index (χ3n) is 11.1. The summed E-state index contributed by atoms with van der Waals surface area (Å²) in [5.74, 6) is -5.15. The molecule has 60 heavy (non-hydrogen) atoms. The van der Waals surface area contributed by atoms with Crippen LogP contribution in [0, 0.1) is 5.82 Å². The fourth-order valence-corrected chi connectivity index (χ4v) is 10.2. The summed E-state index contributed by atoms with van der Waals surface area (Å²) in [6, 6.07) is 9.75. The van der Waals surface area contributed by atoms with Crippen LogP contribution in [0.3, 0.4) is 0 Å². The maximum Gasteiger partial charge on any atom is 0.360 e. The second-order valence-electron chi connectivity index (χ2n) is 15.0. The Morgan fingerprint density at radius 1 is 1.00 bits per heavy atom. The number of benzene rings is 2. The molecule has 2 saturated heterocycles. The van der Waals surface area contributed by atoms with Crippen molar-refractivity contribution in [1.82, 2.24) is 14.8 Å². The second kappa shape index (κ2) is 16.6. The Bertz CT molecular complexity index is 2550. The predicted octanol–water partition coefficient (Wildman–Crippen LogP) is 4.60. The lowest BCUT2D eigenvalue weighted by Crippen LogP contribution is -2.71. The number of pyridine rings is 1. The average Bonchev–Trinajstić information content (AvgIpc) is 3.74. The summed E-state index contributed by atoms with van der Waals surface area (Å²) in [6.07, 6.45) is 2.63. The van der Waals surface area contributed by atoms with E-state index < -0.39 is 64.1 Å². The first-order valence-electron chi connectivity index (χ1n) is 19.3. The molecule has 2 N–H and O–H groups in total. The summed E-state index contributed by atoms with van der Waals surface area (Å²) >= 11 is 2.72. The summed E-state index contributed by atoms with van der Waals surface area (Å²) in [6.45, 7) is 3.48. The van der Waals surface area contributed by atoms with Gasteiger partial charge in [-0.05, 0) is 49.4 Å². The summed E-state index contributed by atoms with van der Waals surface area (Å²) in [4.78, 5) is 94.4. The molecule has 3 atom stereocenters. The number of aryl methyl sites for hydroxylation is 1. The van der Waals surface area contributed by atoms with Gasteiger partial charge in [0, 0.05) is 72.2 Å². The van der Waals surface area contributed by atoms with Gasteiger partial charge < -0.3 is 34.1 Å². The molecule has 2 amide bonds.